The van der Waals surface area contributed by atoms with Crippen LogP contribution in [0.5, 0.6) is 0 Å². The Morgan fingerprint density at radius 2 is 2.00 bits per heavy atom. The molecule has 0 N–H and O–H groups in total. The van der Waals surface area contributed by atoms with Gasteiger partial charge in [-0.15, -0.1) is 0 Å². The van der Waals surface area contributed by atoms with Gasteiger partial charge in [0.1, 0.15) is 11.4 Å². The van der Waals surface area contributed by atoms with Crippen molar-refractivity contribution in [3.05, 3.63) is 18.2 Å². The van der Waals surface area contributed by atoms with E-state index in [0.717, 1.165) is 0 Å². The van der Waals surface area contributed by atoms with E-state index >= 15 is 0 Å². The summed E-state index contributed by atoms with van der Waals surface area (Å²) in [6.07, 6.45) is 1.35. The number of hydrogen-bond donors (Lipinski definition) is 0. The predicted molar refractivity (Wildman–Crippen MR) is 42.7 cm³/mol. The van der Waals surface area contributed by atoms with Crippen molar-refractivity contribution in [3.8, 4) is 0 Å². The number of aromatic nitrogens is 3. The third-order valence-electron chi connectivity index (χ3n) is 0.931. The minimum absolute atomic E-state index is 0. The van der Waals surface area contributed by atoms with Crippen LogP contribution < -0.4 is 5.57 Å². The largest absolute Gasteiger partial charge is 0.312 e. The topological polar surface area (TPSA) is 38.7 Å². The zero-order valence-electron chi connectivity index (χ0n) is 5.98. The molecule has 3 nitrogen and oxygen atoms in total. The van der Waals surface area contributed by atoms with Crippen LogP contribution in [0.25, 0.3) is 6.08 Å². The summed E-state index contributed by atoms with van der Waals surface area (Å²) in [5.74, 6) is 1.19. The summed E-state index contributed by atoms with van der Waals surface area (Å²) in [6.45, 7) is 6.99. The van der Waals surface area contributed by atoms with E-state index < -0.39 is 0 Å². The van der Waals surface area contributed by atoms with E-state index in [4.69, 9.17) is 6.58 Å². The molecule has 0 saturated heterocycles. The van der Waals surface area contributed by atoms with Crippen LogP contribution in [-0.4, -0.2) is 15.0 Å². The Balaban J connectivity index is 0.000001000. The monoisotopic (exact) mass is 336 g/mol. The molecule has 0 spiro atoms. The molecule has 0 bridgehead atoms. The van der Waals surface area contributed by atoms with Crippen molar-refractivity contribution < 1.29 is 21.1 Å². The normalized spacial score (nSPS) is 8.55. The second-order valence-electron chi connectivity index (χ2n) is 1.77. The summed E-state index contributed by atoms with van der Waals surface area (Å²) in [6, 6.07) is 0. The molecular weight excluding hydrogens is 329 g/mol. The van der Waals surface area contributed by atoms with Gasteiger partial charge in [-0.25, -0.2) is 4.98 Å². The Morgan fingerprint density at radius 3 is 2.45 bits per heavy atom. The summed E-state index contributed by atoms with van der Waals surface area (Å²) >= 11 is 0. The second-order valence-corrected chi connectivity index (χ2v) is 2.28. The van der Waals surface area contributed by atoms with Gasteiger partial charge in [0.15, 0.2) is 0 Å². The summed E-state index contributed by atoms with van der Waals surface area (Å²) in [5.41, 5.74) is 0.615. The molecule has 0 aliphatic heterocycles. The smallest absolute Gasteiger partial charge is 0.130 e. The van der Waals surface area contributed by atoms with Gasteiger partial charge in [-0.05, 0) is 6.92 Å². The van der Waals surface area contributed by atoms with Crippen LogP contribution >= 0.6 is 9.24 Å². The number of aryl methyl sites for hydroxylation is 1. The first-order valence-corrected chi connectivity index (χ1v) is 3.33. The van der Waals surface area contributed by atoms with Gasteiger partial charge in [0.25, 0.3) is 0 Å². The SMILES string of the molecule is [CH-]=Cc1nc(C)nc(P)n1.[W]. The van der Waals surface area contributed by atoms with Gasteiger partial charge in [-0.1, -0.05) is 9.24 Å². The molecule has 58 valence electrons. The second kappa shape index (κ2) is 4.69. The quantitative estimate of drug-likeness (QED) is 0.541. The van der Waals surface area contributed by atoms with Crippen molar-refractivity contribution >= 4 is 20.9 Å². The number of hydrogen-bond acceptors (Lipinski definition) is 3. The molecule has 0 aliphatic carbocycles. The minimum Gasteiger partial charge on any atom is -0.312 e. The number of nitrogens with zero attached hydrogens (tertiary/aromatic N) is 3. The van der Waals surface area contributed by atoms with Crippen molar-refractivity contribution in [2.75, 3.05) is 0 Å². The molecule has 0 aliphatic rings. The molecule has 1 aromatic heterocycles. The molecule has 1 unspecified atom stereocenters. The maximum atomic E-state index is 5.20. The Morgan fingerprint density at radius 1 is 1.36 bits per heavy atom. The third kappa shape index (κ3) is 3.18. The van der Waals surface area contributed by atoms with Gasteiger partial charge in [-0.2, -0.15) is 6.08 Å². The van der Waals surface area contributed by atoms with E-state index in [2.05, 4.69) is 24.2 Å². The third-order valence-corrected chi connectivity index (χ3v) is 1.19. The first-order chi connectivity index (χ1) is 4.72. The molecule has 1 heterocycles. The zero-order valence-corrected chi connectivity index (χ0v) is 10.1. The summed E-state index contributed by atoms with van der Waals surface area (Å²) in [5, 5.41) is 0. The van der Waals surface area contributed by atoms with Crippen molar-refractivity contribution in [3.63, 3.8) is 0 Å². The minimum atomic E-state index is 0. The molecule has 5 heteroatoms. The first-order valence-electron chi connectivity index (χ1n) is 2.75. The number of rotatable bonds is 1. The van der Waals surface area contributed by atoms with E-state index in [1.54, 1.807) is 6.92 Å². The molecule has 1 aromatic rings. The van der Waals surface area contributed by atoms with Crippen LogP contribution in [0.2, 0.25) is 0 Å². The Hall–Kier alpha value is -0.132. The van der Waals surface area contributed by atoms with E-state index in [1.165, 1.54) is 6.08 Å². The van der Waals surface area contributed by atoms with E-state index in [-0.39, 0.29) is 21.1 Å². The van der Waals surface area contributed by atoms with Crippen LogP contribution in [0.4, 0.5) is 0 Å². The van der Waals surface area contributed by atoms with Gasteiger partial charge in [0.2, 0.25) is 0 Å². The molecule has 1 rings (SSSR count). The van der Waals surface area contributed by atoms with E-state index in [0.29, 0.717) is 17.2 Å². The molecule has 0 aromatic carbocycles. The van der Waals surface area contributed by atoms with Gasteiger partial charge in [0, 0.05) is 26.9 Å². The summed E-state index contributed by atoms with van der Waals surface area (Å²) in [4.78, 5) is 11.8. The van der Waals surface area contributed by atoms with Crippen molar-refractivity contribution in [2.24, 2.45) is 0 Å². The Bertz CT molecular complexity index is 244. The summed E-state index contributed by atoms with van der Waals surface area (Å²) < 4.78 is 0. The van der Waals surface area contributed by atoms with Gasteiger partial charge in [-0.3, -0.25) is 6.58 Å². The zero-order chi connectivity index (χ0) is 7.56. The van der Waals surface area contributed by atoms with Crippen molar-refractivity contribution in [2.45, 2.75) is 6.92 Å². The maximum absolute atomic E-state index is 5.20. The van der Waals surface area contributed by atoms with Crippen LogP contribution in [0.3, 0.4) is 0 Å². The van der Waals surface area contributed by atoms with Crippen LogP contribution in [0.1, 0.15) is 11.6 Å². The first kappa shape index (κ1) is 10.9. The average Bonchev–Trinajstić information content (AvgIpc) is 1.85. The van der Waals surface area contributed by atoms with Gasteiger partial charge < -0.3 is 9.97 Å². The maximum Gasteiger partial charge on any atom is 0.130 e. The van der Waals surface area contributed by atoms with Gasteiger partial charge in [0.05, 0.1) is 0 Å². The standard InChI is InChI=1S/C6H7N3P.W/c1-3-5-7-4(2)8-6(10)9-5;/h1,3H,10H2,2H3;/q-1;. The Kier molecular flexibility index (Phi) is 4.63. The Labute approximate surface area is 82.2 Å². The van der Waals surface area contributed by atoms with Crippen molar-refractivity contribution in [1.82, 2.24) is 15.0 Å². The molecule has 0 amide bonds. The predicted octanol–water partition coefficient (Wildman–Crippen LogP) is 0.124. The van der Waals surface area contributed by atoms with Crippen LogP contribution in [-0.2, 0) is 21.1 Å². The molecule has 0 fully saturated rings. The van der Waals surface area contributed by atoms with E-state index in [9.17, 15) is 0 Å². The fourth-order valence-electron chi connectivity index (χ4n) is 0.598. The molecule has 0 radical (unpaired) electrons. The van der Waals surface area contributed by atoms with E-state index in [1.807, 2.05) is 0 Å². The fraction of sp³-hybridized carbons (Fsp3) is 0.167. The molecular formula is C6H7N3PW-. The van der Waals surface area contributed by atoms with Crippen LogP contribution in [0, 0.1) is 13.5 Å². The van der Waals surface area contributed by atoms with Crippen molar-refractivity contribution in [1.29, 1.82) is 0 Å². The van der Waals surface area contributed by atoms with Gasteiger partial charge >= 0.3 is 0 Å². The van der Waals surface area contributed by atoms with Crippen LogP contribution in [0.15, 0.2) is 0 Å². The molecule has 1 atom stereocenters. The fourth-order valence-corrected chi connectivity index (χ4v) is 0.918. The molecule has 0 saturated carbocycles. The molecule has 11 heavy (non-hydrogen) atoms. The average molecular weight is 336 g/mol. The summed E-state index contributed by atoms with van der Waals surface area (Å²) in [7, 11) is 2.39.